The van der Waals surface area contributed by atoms with Crippen LogP contribution in [0.15, 0.2) is 23.1 Å². The predicted octanol–water partition coefficient (Wildman–Crippen LogP) is -0.121. The lowest BCUT2D eigenvalue weighted by Gasteiger charge is -2.23. The van der Waals surface area contributed by atoms with Crippen LogP contribution < -0.4 is 11.1 Å². The summed E-state index contributed by atoms with van der Waals surface area (Å²) in [6, 6.07) is 3.18. The number of benzene rings is 1. The largest absolute Gasteiger partial charge is 0.329 e. The van der Waals surface area contributed by atoms with Crippen molar-refractivity contribution in [3.8, 4) is 0 Å². The van der Waals surface area contributed by atoms with Crippen LogP contribution in [0.3, 0.4) is 0 Å². The van der Waals surface area contributed by atoms with Crippen molar-refractivity contribution in [3.63, 3.8) is 0 Å². The summed E-state index contributed by atoms with van der Waals surface area (Å²) in [5.41, 5.74) is 5.32. The molecule has 0 radical (unpaired) electrons. The van der Waals surface area contributed by atoms with Crippen LogP contribution in [-0.4, -0.2) is 26.1 Å². The van der Waals surface area contributed by atoms with E-state index in [9.17, 15) is 17.6 Å². The van der Waals surface area contributed by atoms with Gasteiger partial charge in [-0.05, 0) is 18.2 Å². The van der Waals surface area contributed by atoms with Crippen LogP contribution >= 0.6 is 0 Å². The molecule has 0 aliphatic carbocycles. The Kier molecular flexibility index (Phi) is 2.43. The van der Waals surface area contributed by atoms with E-state index in [0.717, 1.165) is 12.1 Å². The van der Waals surface area contributed by atoms with Crippen LogP contribution in [0, 0.1) is 5.82 Å². The van der Waals surface area contributed by atoms with Crippen LogP contribution in [0.4, 0.5) is 10.1 Å². The van der Waals surface area contributed by atoms with Gasteiger partial charge in [0.15, 0.2) is 15.1 Å². The molecule has 0 saturated carbocycles. The maximum absolute atomic E-state index is 13.0. The number of carbonyl (C=O) groups excluding carboxylic acids is 1. The second-order valence-corrected chi connectivity index (χ2v) is 5.50. The number of halogens is 1. The minimum Gasteiger partial charge on any atom is -0.329 e. The minimum absolute atomic E-state index is 0.0936. The number of hydrogen-bond acceptors (Lipinski definition) is 4. The normalized spacial score (nSPS) is 22.4. The summed E-state index contributed by atoms with van der Waals surface area (Å²) in [5, 5.41) is 1.03. The Balaban J connectivity index is 2.68. The smallest absolute Gasteiger partial charge is 0.244 e. The summed E-state index contributed by atoms with van der Waals surface area (Å²) < 4.78 is 36.7. The Morgan fingerprint density at radius 2 is 2.12 bits per heavy atom. The van der Waals surface area contributed by atoms with Gasteiger partial charge >= 0.3 is 0 Å². The van der Waals surface area contributed by atoms with E-state index in [0.29, 0.717) is 0 Å². The molecule has 2 rings (SSSR count). The average molecular weight is 244 g/mol. The fraction of sp³-hybridized carbons (Fsp3) is 0.222. The highest BCUT2D eigenvalue weighted by molar-refractivity contribution is 7.93. The lowest BCUT2D eigenvalue weighted by atomic mass is 10.3. The van der Waals surface area contributed by atoms with E-state index in [1.807, 2.05) is 0 Å². The van der Waals surface area contributed by atoms with Gasteiger partial charge in [0.25, 0.3) is 0 Å². The summed E-state index contributed by atoms with van der Waals surface area (Å²) in [6.45, 7) is -0.329. The molecule has 1 atom stereocenters. The molecule has 5 nitrogen and oxygen atoms in total. The first kappa shape index (κ1) is 11.0. The molecule has 7 heteroatoms. The standard InChI is InChI=1S/C9H9FN2O3S/c10-5-1-2-6-7(3-5)16(14,15)8(4-11)9(13)12-6/h1-3,8H,4,11H2,(H,12,13). The van der Waals surface area contributed by atoms with E-state index < -0.39 is 26.8 Å². The fourth-order valence-corrected chi connectivity index (χ4v) is 3.18. The number of nitrogens with two attached hydrogens (primary N) is 1. The van der Waals surface area contributed by atoms with Gasteiger partial charge in [-0.25, -0.2) is 12.8 Å². The van der Waals surface area contributed by atoms with E-state index in [1.54, 1.807) is 0 Å². The van der Waals surface area contributed by atoms with Crippen molar-refractivity contribution in [2.24, 2.45) is 5.73 Å². The highest BCUT2D eigenvalue weighted by atomic mass is 32.2. The molecule has 1 aliphatic heterocycles. The van der Waals surface area contributed by atoms with Gasteiger partial charge in [-0.15, -0.1) is 0 Å². The monoisotopic (exact) mass is 244 g/mol. The zero-order valence-electron chi connectivity index (χ0n) is 8.10. The molecule has 16 heavy (non-hydrogen) atoms. The fourth-order valence-electron chi connectivity index (χ4n) is 1.58. The second kappa shape index (κ2) is 3.53. The molecule has 0 aromatic heterocycles. The molecule has 1 aromatic rings. The Bertz CT molecular complexity index is 556. The van der Waals surface area contributed by atoms with Crippen LogP contribution in [0.1, 0.15) is 0 Å². The van der Waals surface area contributed by atoms with Crippen molar-refractivity contribution < 1.29 is 17.6 Å². The third-order valence-corrected chi connectivity index (χ3v) is 4.50. The van der Waals surface area contributed by atoms with Crippen LogP contribution in [0.2, 0.25) is 0 Å². The van der Waals surface area contributed by atoms with Gasteiger partial charge in [-0.1, -0.05) is 0 Å². The van der Waals surface area contributed by atoms with Crippen LogP contribution in [0.5, 0.6) is 0 Å². The van der Waals surface area contributed by atoms with E-state index in [4.69, 9.17) is 5.73 Å². The molecule has 0 bridgehead atoms. The predicted molar refractivity (Wildman–Crippen MR) is 55.1 cm³/mol. The summed E-state index contributed by atoms with van der Waals surface area (Å²) in [4.78, 5) is 11.2. The first-order valence-corrected chi connectivity index (χ1v) is 6.06. The number of carbonyl (C=O) groups is 1. The molecule has 1 unspecified atom stereocenters. The number of amides is 1. The van der Waals surface area contributed by atoms with Gasteiger partial charge < -0.3 is 11.1 Å². The number of rotatable bonds is 1. The summed E-state index contributed by atoms with van der Waals surface area (Å²) in [5.74, 6) is -1.35. The highest BCUT2D eigenvalue weighted by Crippen LogP contribution is 2.30. The lowest BCUT2D eigenvalue weighted by molar-refractivity contribution is -0.115. The molecule has 0 fully saturated rings. The highest BCUT2D eigenvalue weighted by Gasteiger charge is 2.39. The third kappa shape index (κ3) is 1.48. The molecule has 1 heterocycles. The molecule has 0 spiro atoms. The van der Waals surface area contributed by atoms with Crippen LogP contribution in [-0.2, 0) is 14.6 Å². The van der Waals surface area contributed by atoms with Gasteiger partial charge in [0.05, 0.1) is 10.6 Å². The van der Waals surface area contributed by atoms with E-state index in [-0.39, 0.29) is 17.1 Å². The van der Waals surface area contributed by atoms with Gasteiger partial charge in [-0.2, -0.15) is 0 Å². The molecule has 1 amide bonds. The van der Waals surface area contributed by atoms with Crippen molar-refractivity contribution in [3.05, 3.63) is 24.0 Å². The Morgan fingerprint density at radius 3 is 2.75 bits per heavy atom. The summed E-state index contributed by atoms with van der Waals surface area (Å²) >= 11 is 0. The maximum atomic E-state index is 13.0. The van der Waals surface area contributed by atoms with Crippen molar-refractivity contribution in [2.45, 2.75) is 10.1 Å². The zero-order chi connectivity index (χ0) is 11.9. The Labute approximate surface area is 91.4 Å². The molecule has 1 aromatic carbocycles. The second-order valence-electron chi connectivity index (χ2n) is 3.40. The lowest BCUT2D eigenvalue weighted by Crippen LogP contribution is -2.44. The van der Waals surface area contributed by atoms with Crippen molar-refractivity contribution in [1.29, 1.82) is 0 Å². The van der Waals surface area contributed by atoms with Gasteiger partial charge in [0.1, 0.15) is 5.82 Å². The summed E-state index contributed by atoms with van der Waals surface area (Å²) in [6.07, 6.45) is 0. The number of sulfone groups is 1. The Morgan fingerprint density at radius 1 is 1.44 bits per heavy atom. The number of fused-ring (bicyclic) bond motifs is 1. The van der Waals surface area contributed by atoms with Crippen molar-refractivity contribution >= 4 is 21.4 Å². The van der Waals surface area contributed by atoms with Crippen molar-refractivity contribution in [2.75, 3.05) is 11.9 Å². The van der Waals surface area contributed by atoms with Gasteiger partial charge in [0.2, 0.25) is 5.91 Å². The number of anilines is 1. The van der Waals surface area contributed by atoms with Crippen molar-refractivity contribution in [1.82, 2.24) is 0 Å². The Hall–Kier alpha value is -1.47. The van der Waals surface area contributed by atoms with Gasteiger partial charge in [-0.3, -0.25) is 4.79 Å². The van der Waals surface area contributed by atoms with E-state index in [2.05, 4.69) is 5.32 Å². The first-order chi connectivity index (χ1) is 7.46. The summed E-state index contributed by atoms with van der Waals surface area (Å²) in [7, 11) is -3.88. The molecule has 0 saturated heterocycles. The molecule has 3 N–H and O–H groups in total. The zero-order valence-corrected chi connectivity index (χ0v) is 8.92. The van der Waals surface area contributed by atoms with Gasteiger partial charge in [0, 0.05) is 6.54 Å². The topological polar surface area (TPSA) is 89.3 Å². The molecule has 86 valence electrons. The first-order valence-electron chi connectivity index (χ1n) is 4.51. The number of nitrogens with one attached hydrogen (secondary N) is 1. The molecule has 1 aliphatic rings. The quantitative estimate of drug-likeness (QED) is 0.720. The SMILES string of the molecule is NCC1C(=O)Nc2ccc(F)cc2S1(=O)=O. The van der Waals surface area contributed by atoms with E-state index >= 15 is 0 Å². The van der Waals surface area contributed by atoms with E-state index in [1.165, 1.54) is 6.07 Å². The average Bonchev–Trinajstić information content (AvgIpc) is 2.19. The molecular weight excluding hydrogens is 235 g/mol. The number of hydrogen-bond donors (Lipinski definition) is 2. The maximum Gasteiger partial charge on any atom is 0.244 e. The third-order valence-electron chi connectivity index (χ3n) is 2.39. The molecular formula is C9H9FN2O3S. The minimum atomic E-state index is -3.88. The van der Waals surface area contributed by atoms with Crippen LogP contribution in [0.25, 0.3) is 0 Å².